The van der Waals surface area contributed by atoms with Crippen molar-refractivity contribution in [3.63, 3.8) is 0 Å². The molecule has 0 N–H and O–H groups in total. The smallest absolute Gasteiger partial charge is 0.261 e. The van der Waals surface area contributed by atoms with Gasteiger partial charge in [-0.1, -0.05) is 18.5 Å². The van der Waals surface area contributed by atoms with Gasteiger partial charge in [0.2, 0.25) is 5.78 Å². The molecule has 0 radical (unpaired) electrons. The summed E-state index contributed by atoms with van der Waals surface area (Å²) in [5.41, 5.74) is 0.194. The number of ketones is 1. The Bertz CT molecular complexity index is 537. The number of methoxy groups -OCH3 is 1. The minimum Gasteiger partial charge on any atom is -0.497 e. The van der Waals surface area contributed by atoms with Crippen molar-refractivity contribution in [1.82, 2.24) is 0 Å². The molecule has 0 aliphatic rings. The van der Waals surface area contributed by atoms with Gasteiger partial charge in [-0.3, -0.25) is 4.79 Å². The lowest BCUT2D eigenvalue weighted by molar-refractivity contribution is 0.1000. The highest BCUT2D eigenvalue weighted by Gasteiger charge is 2.45. The van der Waals surface area contributed by atoms with Crippen molar-refractivity contribution < 1.29 is 17.9 Å². The first-order valence-electron chi connectivity index (χ1n) is 5.05. The van der Waals surface area contributed by atoms with Gasteiger partial charge in [0, 0.05) is 5.56 Å². The molecule has 18 heavy (non-hydrogen) atoms. The fourth-order valence-corrected chi connectivity index (χ4v) is 3.35. The average molecular weight is 356 g/mol. The van der Waals surface area contributed by atoms with Crippen LogP contribution in [0.1, 0.15) is 17.3 Å². The molecule has 1 aromatic carbocycles. The maximum absolute atomic E-state index is 12.1. The zero-order valence-electron chi connectivity index (χ0n) is 9.81. The van der Waals surface area contributed by atoms with E-state index >= 15 is 0 Å². The Hall–Kier alpha value is -0.590. The van der Waals surface area contributed by atoms with Crippen molar-refractivity contribution in [2.75, 3.05) is 12.9 Å². The summed E-state index contributed by atoms with van der Waals surface area (Å²) in [7, 11) is -2.26. The van der Waals surface area contributed by atoms with Gasteiger partial charge in [-0.2, -0.15) is 0 Å². The van der Waals surface area contributed by atoms with Crippen LogP contribution in [0.4, 0.5) is 0 Å². The first kappa shape index (κ1) is 15.5. The molecule has 0 saturated heterocycles. The topological polar surface area (TPSA) is 60.4 Å². The van der Waals surface area contributed by atoms with Gasteiger partial charge in [0.15, 0.2) is 9.84 Å². The van der Waals surface area contributed by atoms with E-state index in [1.165, 1.54) is 26.2 Å². The number of alkyl halides is 2. The normalized spacial score (nSPS) is 14.9. The summed E-state index contributed by atoms with van der Waals surface area (Å²) in [5, 5.41) is 0. The van der Waals surface area contributed by atoms with E-state index < -0.39 is 18.7 Å². The second kappa shape index (κ2) is 5.59. The molecule has 0 aromatic heterocycles. The maximum atomic E-state index is 12.1. The molecule has 0 unspecified atom stereocenters. The molecule has 7 heteroatoms. The number of carbonyl (C=O) groups is 1. The minimum absolute atomic E-state index is 0.194. The van der Waals surface area contributed by atoms with Crippen LogP contribution in [0.5, 0.6) is 5.75 Å². The van der Waals surface area contributed by atoms with Gasteiger partial charge in [-0.15, -0.1) is 0 Å². The van der Waals surface area contributed by atoms with Crippen LogP contribution in [-0.4, -0.2) is 30.2 Å². The Balaban J connectivity index is 3.14. The van der Waals surface area contributed by atoms with Crippen molar-refractivity contribution in [3.05, 3.63) is 29.8 Å². The maximum Gasteiger partial charge on any atom is 0.261 e. The van der Waals surface area contributed by atoms with E-state index in [4.69, 9.17) is 16.3 Å². The van der Waals surface area contributed by atoms with Crippen LogP contribution >= 0.6 is 27.5 Å². The molecule has 100 valence electrons. The molecule has 0 heterocycles. The largest absolute Gasteiger partial charge is 0.497 e. The summed E-state index contributed by atoms with van der Waals surface area (Å²) in [6, 6.07) is 6.05. The van der Waals surface area contributed by atoms with Gasteiger partial charge >= 0.3 is 0 Å². The standard InChI is InChI=1S/C11H12BrClO4S/c1-3-18(15,16)11(12,13)10(14)8-4-6-9(17-2)7-5-8/h4-7H,3H2,1-2H3/t11-/m1/s1. The second-order valence-electron chi connectivity index (χ2n) is 3.48. The molecule has 0 amide bonds. The zero-order valence-corrected chi connectivity index (χ0v) is 13.0. The van der Waals surface area contributed by atoms with Crippen molar-refractivity contribution in [1.29, 1.82) is 0 Å². The highest BCUT2D eigenvalue weighted by molar-refractivity contribution is 9.12. The van der Waals surface area contributed by atoms with E-state index in [1.807, 2.05) is 0 Å². The lowest BCUT2D eigenvalue weighted by Crippen LogP contribution is -2.36. The van der Waals surface area contributed by atoms with E-state index in [-0.39, 0.29) is 11.3 Å². The fourth-order valence-electron chi connectivity index (χ4n) is 1.23. The number of sulfone groups is 1. The van der Waals surface area contributed by atoms with E-state index in [2.05, 4.69) is 15.9 Å². The van der Waals surface area contributed by atoms with Crippen LogP contribution in [0, 0.1) is 0 Å². The zero-order chi connectivity index (χ0) is 14.0. The first-order chi connectivity index (χ1) is 8.26. The monoisotopic (exact) mass is 354 g/mol. The van der Waals surface area contributed by atoms with Crippen LogP contribution in [0.15, 0.2) is 24.3 Å². The molecule has 0 aliphatic carbocycles. The number of halogens is 2. The number of Topliss-reactive ketones (excluding diaryl/α,β-unsaturated/α-hetero) is 1. The molecular formula is C11H12BrClO4S. The van der Waals surface area contributed by atoms with Gasteiger partial charge in [-0.05, 0) is 40.2 Å². The summed E-state index contributed by atoms with van der Waals surface area (Å²) in [4.78, 5) is 12.1. The highest BCUT2D eigenvalue weighted by Crippen LogP contribution is 2.35. The molecule has 4 nitrogen and oxygen atoms in total. The van der Waals surface area contributed by atoms with Crippen molar-refractivity contribution in [2.24, 2.45) is 0 Å². The van der Waals surface area contributed by atoms with Crippen molar-refractivity contribution >= 4 is 43.2 Å². The molecule has 1 rings (SSSR count). The SMILES string of the molecule is CCS(=O)(=O)[C@@](Cl)(Br)C(=O)c1ccc(OC)cc1. The Kier molecular flexibility index (Phi) is 4.80. The van der Waals surface area contributed by atoms with Gasteiger partial charge < -0.3 is 4.74 Å². The predicted octanol–water partition coefficient (Wildman–Crippen LogP) is 2.60. The summed E-state index contributed by atoms with van der Waals surface area (Å²) < 4.78 is 26.3. The number of ether oxygens (including phenoxy) is 1. The number of hydrogen-bond donors (Lipinski definition) is 0. The van der Waals surface area contributed by atoms with Crippen LogP contribution in [0.3, 0.4) is 0 Å². The molecule has 1 atom stereocenters. The molecule has 0 spiro atoms. The number of carbonyl (C=O) groups excluding carboxylic acids is 1. The lowest BCUT2D eigenvalue weighted by Gasteiger charge is -2.18. The molecular weight excluding hydrogens is 344 g/mol. The van der Waals surface area contributed by atoms with Crippen molar-refractivity contribution in [3.8, 4) is 5.75 Å². The van der Waals surface area contributed by atoms with Gasteiger partial charge in [0.05, 0.1) is 12.9 Å². The Labute approximate surface area is 119 Å². The minimum atomic E-state index is -3.76. The van der Waals surface area contributed by atoms with Crippen LogP contribution < -0.4 is 4.74 Å². The van der Waals surface area contributed by atoms with Gasteiger partial charge in [0.1, 0.15) is 5.75 Å². The third-order valence-corrected chi connectivity index (χ3v) is 6.83. The number of rotatable bonds is 5. The van der Waals surface area contributed by atoms with E-state index in [0.29, 0.717) is 5.75 Å². The Morgan fingerprint density at radius 1 is 1.39 bits per heavy atom. The van der Waals surface area contributed by atoms with E-state index in [0.717, 1.165) is 0 Å². The lowest BCUT2D eigenvalue weighted by atomic mass is 10.1. The van der Waals surface area contributed by atoms with Crippen molar-refractivity contribution in [2.45, 2.75) is 10.0 Å². The quantitative estimate of drug-likeness (QED) is 0.602. The van der Waals surface area contributed by atoms with Crippen LogP contribution in [0.2, 0.25) is 0 Å². The Morgan fingerprint density at radius 2 is 1.89 bits per heavy atom. The predicted molar refractivity (Wildman–Crippen MR) is 74.3 cm³/mol. The molecule has 1 aromatic rings. The number of hydrogen-bond acceptors (Lipinski definition) is 4. The van der Waals surface area contributed by atoms with Crippen LogP contribution in [0.25, 0.3) is 0 Å². The number of benzene rings is 1. The molecule has 0 saturated carbocycles. The Morgan fingerprint density at radius 3 is 2.28 bits per heavy atom. The molecule has 0 fully saturated rings. The first-order valence-corrected chi connectivity index (χ1v) is 7.87. The summed E-state index contributed by atoms with van der Waals surface area (Å²) in [5.74, 6) is -0.378. The third-order valence-electron chi connectivity index (χ3n) is 2.39. The fraction of sp³-hybridized carbons (Fsp3) is 0.364. The van der Waals surface area contributed by atoms with Gasteiger partial charge in [-0.25, -0.2) is 8.42 Å². The summed E-state index contributed by atoms with van der Waals surface area (Å²) in [6.07, 6.45) is 0. The molecule has 0 aliphatic heterocycles. The molecule has 0 bridgehead atoms. The third kappa shape index (κ3) is 2.87. The highest BCUT2D eigenvalue weighted by atomic mass is 79.9. The van der Waals surface area contributed by atoms with E-state index in [9.17, 15) is 13.2 Å². The van der Waals surface area contributed by atoms with Gasteiger partial charge in [0.25, 0.3) is 3.12 Å². The average Bonchev–Trinajstić information content (AvgIpc) is 2.37. The second-order valence-corrected chi connectivity index (χ2v) is 8.86. The van der Waals surface area contributed by atoms with Crippen LogP contribution in [-0.2, 0) is 9.84 Å². The summed E-state index contributed by atoms with van der Waals surface area (Å²) in [6.45, 7) is 1.43. The summed E-state index contributed by atoms with van der Waals surface area (Å²) >= 11 is 8.63. The van der Waals surface area contributed by atoms with E-state index in [1.54, 1.807) is 12.1 Å².